The number of methoxy groups -OCH3 is 1. The largest absolute Gasteiger partial charge is 0.469 e. The first-order chi connectivity index (χ1) is 12.0. The average Bonchev–Trinajstić information content (AvgIpc) is 3.10. The lowest BCUT2D eigenvalue weighted by Crippen LogP contribution is -2.25. The lowest BCUT2D eigenvalue weighted by atomic mass is 10.0. The number of esters is 1. The highest BCUT2D eigenvalue weighted by molar-refractivity contribution is 8.00. The Morgan fingerprint density at radius 2 is 2.24 bits per heavy atom. The summed E-state index contributed by atoms with van der Waals surface area (Å²) >= 11 is 3.44. The molecular weight excluding hydrogens is 356 g/mol. The number of unbranched alkanes of at least 4 members (excludes halogenated alkanes) is 1. The Morgan fingerprint density at radius 3 is 2.96 bits per heavy atom. The van der Waals surface area contributed by atoms with Gasteiger partial charge in [-0.15, -0.1) is 11.8 Å². The highest BCUT2D eigenvalue weighted by atomic mass is 32.2. The van der Waals surface area contributed by atoms with E-state index >= 15 is 0 Å². The Labute approximate surface area is 160 Å². The Hall–Kier alpha value is -0.170. The fourth-order valence-corrected chi connectivity index (χ4v) is 6.26. The van der Waals surface area contributed by atoms with Crippen molar-refractivity contribution in [3.8, 4) is 0 Å². The van der Waals surface area contributed by atoms with Gasteiger partial charge in [0.25, 0.3) is 0 Å². The van der Waals surface area contributed by atoms with Crippen LogP contribution in [0.5, 0.6) is 0 Å². The average molecular weight is 389 g/mol. The van der Waals surface area contributed by atoms with Gasteiger partial charge in [0.05, 0.1) is 13.2 Å². The first kappa shape index (κ1) is 21.1. The quantitative estimate of drug-likeness (QED) is 0.258. The lowest BCUT2D eigenvalue weighted by molar-refractivity contribution is -0.140. The smallest absolute Gasteiger partial charge is 0.305 e. The number of thioether (sulfide) groups is 2. The van der Waals surface area contributed by atoms with Crippen LogP contribution in [-0.2, 0) is 9.53 Å². The number of aliphatic hydroxyl groups is 2. The van der Waals surface area contributed by atoms with Crippen LogP contribution in [0, 0.1) is 11.8 Å². The predicted octanol–water partition coefficient (Wildman–Crippen LogP) is 3.61. The fourth-order valence-electron chi connectivity index (χ4n) is 4.00. The van der Waals surface area contributed by atoms with E-state index < -0.39 is 0 Å². The van der Waals surface area contributed by atoms with Gasteiger partial charge in [-0.1, -0.05) is 18.6 Å². The Kier molecular flexibility index (Phi) is 9.17. The van der Waals surface area contributed by atoms with Gasteiger partial charge in [0.1, 0.15) is 5.44 Å². The number of hydrogen-bond donors (Lipinski definition) is 2. The van der Waals surface area contributed by atoms with Crippen LogP contribution in [0.15, 0.2) is 11.6 Å². The maximum Gasteiger partial charge on any atom is 0.305 e. The number of fused-ring (bicyclic) bond motifs is 1. The minimum absolute atomic E-state index is 0.142. The van der Waals surface area contributed by atoms with Crippen LogP contribution in [-0.4, -0.2) is 51.6 Å². The fraction of sp³-hybridized carbons (Fsp3) is 0.842. The van der Waals surface area contributed by atoms with Crippen molar-refractivity contribution in [2.45, 2.75) is 68.7 Å². The van der Waals surface area contributed by atoms with Crippen LogP contribution in [0.2, 0.25) is 0 Å². The summed E-state index contributed by atoms with van der Waals surface area (Å²) in [5.74, 6) is 2.96. The zero-order valence-corrected chi connectivity index (χ0v) is 17.0. The molecule has 2 N–H and O–H groups in total. The molecule has 25 heavy (non-hydrogen) atoms. The van der Waals surface area contributed by atoms with E-state index in [0.29, 0.717) is 18.3 Å². The molecule has 0 bridgehead atoms. The van der Waals surface area contributed by atoms with Crippen LogP contribution in [0.3, 0.4) is 0 Å². The molecular formula is C19H32O4S2. The van der Waals surface area contributed by atoms with E-state index in [9.17, 15) is 15.0 Å². The number of rotatable bonds is 10. The molecule has 0 radical (unpaired) electrons. The molecule has 3 unspecified atom stereocenters. The molecule has 2 rings (SSSR count). The monoisotopic (exact) mass is 388 g/mol. The predicted molar refractivity (Wildman–Crippen MR) is 106 cm³/mol. The van der Waals surface area contributed by atoms with Gasteiger partial charge < -0.3 is 14.9 Å². The highest BCUT2D eigenvalue weighted by Gasteiger charge is 2.47. The van der Waals surface area contributed by atoms with E-state index in [1.165, 1.54) is 12.7 Å². The summed E-state index contributed by atoms with van der Waals surface area (Å²) in [7, 11) is 1.43. The molecule has 0 amide bonds. The lowest BCUT2D eigenvalue weighted by Gasteiger charge is -2.23. The summed E-state index contributed by atoms with van der Waals surface area (Å²) in [4.78, 5) is 11.1. The van der Waals surface area contributed by atoms with E-state index in [2.05, 4.69) is 17.7 Å². The Balaban J connectivity index is 1.78. The normalized spacial score (nSPS) is 31.3. The van der Waals surface area contributed by atoms with Crippen molar-refractivity contribution >= 4 is 29.5 Å². The van der Waals surface area contributed by atoms with Gasteiger partial charge in [-0.3, -0.25) is 4.79 Å². The van der Waals surface area contributed by atoms with E-state index in [1.807, 2.05) is 11.8 Å². The molecule has 4 nitrogen and oxygen atoms in total. The third-order valence-corrected chi connectivity index (χ3v) is 7.71. The molecule has 0 aromatic carbocycles. The number of ether oxygens (including phenoxy) is 1. The van der Waals surface area contributed by atoms with Gasteiger partial charge in [-0.2, -0.15) is 11.8 Å². The molecule has 144 valence electrons. The van der Waals surface area contributed by atoms with Crippen molar-refractivity contribution in [3.05, 3.63) is 11.6 Å². The maximum absolute atomic E-state index is 11.1. The molecule has 0 aromatic heterocycles. The van der Waals surface area contributed by atoms with Crippen molar-refractivity contribution < 1.29 is 19.7 Å². The molecule has 2 saturated carbocycles. The zero-order chi connectivity index (χ0) is 18.2. The summed E-state index contributed by atoms with van der Waals surface area (Å²) < 4.78 is 4.67. The minimum atomic E-state index is -0.370. The summed E-state index contributed by atoms with van der Waals surface area (Å²) in [6.45, 7) is 2.13. The summed E-state index contributed by atoms with van der Waals surface area (Å²) in [5, 5.41) is 20.8. The van der Waals surface area contributed by atoms with Crippen LogP contribution in [0.4, 0.5) is 0 Å². The number of hydrogen-bond acceptors (Lipinski definition) is 6. The standard InChI is InChI=1S/C19H32O4S2/c1-3-24-9-8-18(22)25-19-15-11-13(10-14(15)12-16(19)20)6-4-5-7-17(21)23-2/h6,14-16,18-20,22H,3-5,7-12H2,1-2H3/b13-6+/t14?,15?,16-,18?,19+/m1/s1. The number of carbonyl (C=O) groups excluding carboxylic acids is 1. The van der Waals surface area contributed by atoms with Crippen molar-refractivity contribution in [1.82, 2.24) is 0 Å². The maximum atomic E-state index is 11.1. The number of allylic oxidation sites excluding steroid dienone is 2. The topological polar surface area (TPSA) is 66.8 Å². The molecule has 2 fully saturated rings. The summed E-state index contributed by atoms with van der Waals surface area (Å²) in [6, 6.07) is 0. The van der Waals surface area contributed by atoms with Crippen LogP contribution in [0.1, 0.15) is 51.9 Å². The molecule has 0 aliphatic heterocycles. The van der Waals surface area contributed by atoms with Gasteiger partial charge >= 0.3 is 5.97 Å². The second-order valence-corrected chi connectivity index (χ2v) is 9.76. The molecule has 2 aliphatic carbocycles. The minimum Gasteiger partial charge on any atom is -0.469 e. The van der Waals surface area contributed by atoms with Gasteiger partial charge in [0.15, 0.2) is 0 Å². The Morgan fingerprint density at radius 1 is 1.44 bits per heavy atom. The SMILES string of the molecule is CCSCCC(O)S[C@H]1C2C/C(=C/CCCC(=O)OC)CC2C[C@H]1O. The van der Waals surface area contributed by atoms with E-state index in [1.54, 1.807) is 11.8 Å². The van der Waals surface area contributed by atoms with Gasteiger partial charge in [0.2, 0.25) is 0 Å². The van der Waals surface area contributed by atoms with Crippen LogP contribution in [0.25, 0.3) is 0 Å². The number of aliphatic hydroxyl groups excluding tert-OH is 2. The first-order valence-corrected chi connectivity index (χ1v) is 11.5. The van der Waals surface area contributed by atoms with Gasteiger partial charge in [-0.25, -0.2) is 0 Å². The zero-order valence-electron chi connectivity index (χ0n) is 15.4. The number of carbonyl (C=O) groups is 1. The molecule has 6 heteroatoms. The van der Waals surface area contributed by atoms with Crippen molar-refractivity contribution in [1.29, 1.82) is 0 Å². The van der Waals surface area contributed by atoms with Gasteiger partial charge in [-0.05, 0) is 61.9 Å². The van der Waals surface area contributed by atoms with E-state index in [-0.39, 0.29) is 22.8 Å². The first-order valence-electron chi connectivity index (χ1n) is 9.39. The molecule has 2 aliphatic rings. The molecule has 5 atom stereocenters. The van der Waals surface area contributed by atoms with E-state index in [4.69, 9.17) is 0 Å². The molecule has 0 spiro atoms. The highest BCUT2D eigenvalue weighted by Crippen LogP contribution is 2.51. The molecule has 0 saturated heterocycles. The van der Waals surface area contributed by atoms with E-state index in [0.717, 1.165) is 50.0 Å². The third kappa shape index (κ3) is 6.49. The van der Waals surface area contributed by atoms with Crippen molar-refractivity contribution in [2.75, 3.05) is 18.6 Å². The van der Waals surface area contributed by atoms with Crippen molar-refractivity contribution in [3.63, 3.8) is 0 Å². The molecule has 0 aromatic rings. The summed E-state index contributed by atoms with van der Waals surface area (Å²) in [5.41, 5.74) is 1.10. The molecule has 0 heterocycles. The second kappa shape index (κ2) is 10.9. The van der Waals surface area contributed by atoms with Crippen molar-refractivity contribution in [2.24, 2.45) is 11.8 Å². The van der Waals surface area contributed by atoms with Gasteiger partial charge in [0, 0.05) is 11.7 Å². The third-order valence-electron chi connectivity index (χ3n) is 5.25. The summed E-state index contributed by atoms with van der Waals surface area (Å²) in [6.07, 6.45) is 7.98. The Bertz CT molecular complexity index is 455. The van der Waals surface area contributed by atoms with Crippen LogP contribution < -0.4 is 0 Å². The second-order valence-electron chi connectivity index (χ2n) is 7.01. The van der Waals surface area contributed by atoms with Crippen LogP contribution >= 0.6 is 23.5 Å².